The van der Waals surface area contributed by atoms with Crippen LogP contribution in [0.4, 0.5) is 4.79 Å². The van der Waals surface area contributed by atoms with Gasteiger partial charge >= 0.3 is 12.1 Å². The van der Waals surface area contributed by atoms with Crippen LogP contribution in [-0.4, -0.2) is 63.4 Å². The second kappa shape index (κ2) is 15.2. The van der Waals surface area contributed by atoms with Gasteiger partial charge in [0.1, 0.15) is 5.60 Å². The molecule has 3 aromatic carbocycles. The maximum Gasteiger partial charge on any atom is 0.407 e. The van der Waals surface area contributed by atoms with Crippen molar-refractivity contribution in [3.8, 4) is 17.1 Å². The smallest absolute Gasteiger partial charge is 0.407 e. The van der Waals surface area contributed by atoms with Gasteiger partial charge in [-0.3, -0.25) is 4.79 Å². The Kier molecular flexibility index (Phi) is 11.6. The van der Waals surface area contributed by atoms with Crippen LogP contribution in [0.25, 0.3) is 17.1 Å². The number of nitrogens with zero attached hydrogens (tertiary/aromatic N) is 4. The lowest BCUT2D eigenvalue weighted by molar-refractivity contribution is -0.142. The molecule has 0 spiro atoms. The fourth-order valence-corrected chi connectivity index (χ4v) is 6.45. The van der Waals surface area contributed by atoms with Gasteiger partial charge in [-0.25, -0.2) is 4.79 Å². The topological polar surface area (TPSA) is 128 Å². The molecule has 0 aliphatic carbocycles. The van der Waals surface area contributed by atoms with E-state index < -0.39 is 44.0 Å². The molecular formula is C37H49N5O5Si. The maximum absolute atomic E-state index is 13.2. The predicted octanol–water partition coefficient (Wildman–Crippen LogP) is 7.49. The Hall–Kier alpha value is -4.35. The first-order chi connectivity index (χ1) is 22.5. The molecule has 0 saturated carbocycles. The number of aromatic nitrogens is 4. The number of aliphatic carboxylic acids is 1. The summed E-state index contributed by atoms with van der Waals surface area (Å²) in [4.78, 5) is 27.5. The molecule has 1 heterocycles. The summed E-state index contributed by atoms with van der Waals surface area (Å²) in [5.74, 6) is -1.23. The average molecular weight is 672 g/mol. The summed E-state index contributed by atoms with van der Waals surface area (Å²) in [6.07, 6.45) is -0.216. The van der Waals surface area contributed by atoms with Crippen molar-refractivity contribution < 1.29 is 23.9 Å². The molecule has 0 saturated heterocycles. The zero-order chi connectivity index (χ0) is 35.1. The van der Waals surface area contributed by atoms with Gasteiger partial charge in [-0.2, -0.15) is 0 Å². The SMILES string of the molecule is CC(C)(C)OC(=O)N[C@@H](Cc1ccccc1)[C@@H](C[C@H](Cc1ccc(-c2nnn(-c3ccccc3)n2)cc1)C(=O)O)O[Si](C)(C)C(C)(C)C. The zero-order valence-electron chi connectivity index (χ0n) is 29.3. The fourth-order valence-electron chi connectivity index (χ4n) is 5.08. The van der Waals surface area contributed by atoms with Gasteiger partial charge in [0.2, 0.25) is 5.82 Å². The van der Waals surface area contributed by atoms with Crippen molar-refractivity contribution >= 4 is 20.4 Å². The van der Waals surface area contributed by atoms with Crippen LogP contribution in [0.5, 0.6) is 0 Å². The molecular weight excluding hydrogens is 623 g/mol. The number of alkyl carbamates (subject to hydrolysis) is 1. The van der Waals surface area contributed by atoms with Crippen LogP contribution in [0.15, 0.2) is 84.9 Å². The minimum atomic E-state index is -2.41. The van der Waals surface area contributed by atoms with Crippen LogP contribution in [0, 0.1) is 5.92 Å². The fraction of sp³-hybridized carbons (Fsp3) is 0.432. The predicted molar refractivity (Wildman–Crippen MR) is 189 cm³/mol. The summed E-state index contributed by atoms with van der Waals surface area (Å²) in [5.41, 5.74) is 2.74. The van der Waals surface area contributed by atoms with Gasteiger partial charge in [0, 0.05) is 5.56 Å². The Labute approximate surface area is 285 Å². The molecule has 2 N–H and O–H groups in total. The molecule has 1 amide bonds. The van der Waals surface area contributed by atoms with Crippen molar-refractivity contribution in [1.29, 1.82) is 0 Å². The highest BCUT2D eigenvalue weighted by Crippen LogP contribution is 2.39. The Bertz CT molecular complexity index is 1630. The van der Waals surface area contributed by atoms with Crippen molar-refractivity contribution in [2.75, 3.05) is 0 Å². The van der Waals surface area contributed by atoms with E-state index in [4.69, 9.17) is 9.16 Å². The highest BCUT2D eigenvalue weighted by Gasteiger charge is 2.42. The van der Waals surface area contributed by atoms with Gasteiger partial charge in [0.15, 0.2) is 8.32 Å². The number of tetrazole rings is 1. The number of carbonyl (C=O) groups excluding carboxylic acids is 1. The van der Waals surface area contributed by atoms with Gasteiger partial charge in [-0.1, -0.05) is 93.6 Å². The minimum absolute atomic E-state index is 0.139. The summed E-state index contributed by atoms with van der Waals surface area (Å²) < 4.78 is 12.6. The Morgan fingerprint density at radius 2 is 1.44 bits per heavy atom. The van der Waals surface area contributed by atoms with Crippen molar-refractivity contribution in [3.05, 3.63) is 96.1 Å². The van der Waals surface area contributed by atoms with Crippen LogP contribution in [-0.2, 0) is 26.8 Å². The average Bonchev–Trinajstić information content (AvgIpc) is 3.50. The number of hydrogen-bond acceptors (Lipinski definition) is 7. The minimum Gasteiger partial charge on any atom is -0.481 e. The summed E-state index contributed by atoms with van der Waals surface area (Å²) >= 11 is 0. The highest BCUT2D eigenvalue weighted by molar-refractivity contribution is 6.74. The van der Waals surface area contributed by atoms with Crippen LogP contribution < -0.4 is 5.32 Å². The van der Waals surface area contributed by atoms with E-state index in [-0.39, 0.29) is 17.9 Å². The molecule has 48 heavy (non-hydrogen) atoms. The molecule has 0 unspecified atom stereocenters. The molecule has 256 valence electrons. The summed E-state index contributed by atoms with van der Waals surface area (Å²) in [7, 11) is -2.41. The first-order valence-electron chi connectivity index (χ1n) is 16.4. The van der Waals surface area contributed by atoms with E-state index in [0.29, 0.717) is 12.2 Å². The van der Waals surface area contributed by atoms with Crippen LogP contribution >= 0.6 is 0 Å². The van der Waals surface area contributed by atoms with Gasteiger partial charge in [0.25, 0.3) is 0 Å². The molecule has 4 aromatic rings. The molecule has 0 aliphatic rings. The van der Waals surface area contributed by atoms with Crippen molar-refractivity contribution in [2.24, 2.45) is 5.92 Å². The van der Waals surface area contributed by atoms with E-state index >= 15 is 0 Å². The number of hydrogen-bond donors (Lipinski definition) is 2. The number of nitrogens with one attached hydrogen (secondary N) is 1. The van der Waals surface area contributed by atoms with Crippen LogP contribution in [0.1, 0.15) is 59.1 Å². The molecule has 0 aliphatic heterocycles. The van der Waals surface area contributed by atoms with Gasteiger partial charge in [0.05, 0.1) is 23.8 Å². The number of carboxylic acid groups (broad SMARTS) is 1. The molecule has 0 fully saturated rings. The van der Waals surface area contributed by atoms with E-state index in [2.05, 4.69) is 54.6 Å². The molecule has 0 bridgehead atoms. The first-order valence-corrected chi connectivity index (χ1v) is 19.3. The number of benzene rings is 3. The van der Waals surface area contributed by atoms with E-state index in [9.17, 15) is 14.7 Å². The number of rotatable bonds is 13. The van der Waals surface area contributed by atoms with E-state index in [1.807, 2.05) is 106 Å². The van der Waals surface area contributed by atoms with E-state index in [0.717, 1.165) is 22.4 Å². The second-order valence-corrected chi connectivity index (χ2v) is 19.5. The van der Waals surface area contributed by atoms with Crippen molar-refractivity contribution in [2.45, 2.75) is 96.7 Å². The molecule has 10 nitrogen and oxygen atoms in total. The lowest BCUT2D eigenvalue weighted by Gasteiger charge is -2.42. The number of ether oxygens (including phenoxy) is 1. The number of para-hydroxylation sites is 1. The molecule has 1 aromatic heterocycles. The second-order valence-electron chi connectivity index (χ2n) is 14.8. The van der Waals surface area contributed by atoms with Gasteiger partial charge in [-0.05, 0) is 86.6 Å². The largest absolute Gasteiger partial charge is 0.481 e. The van der Waals surface area contributed by atoms with Crippen molar-refractivity contribution in [1.82, 2.24) is 25.5 Å². The quantitative estimate of drug-likeness (QED) is 0.140. The Morgan fingerprint density at radius 3 is 2.00 bits per heavy atom. The summed E-state index contributed by atoms with van der Waals surface area (Å²) in [6, 6.07) is 26.4. The molecule has 4 rings (SSSR count). The summed E-state index contributed by atoms with van der Waals surface area (Å²) in [6.45, 7) is 16.2. The van der Waals surface area contributed by atoms with Crippen LogP contribution in [0.3, 0.4) is 0 Å². The third kappa shape index (κ3) is 10.3. The monoisotopic (exact) mass is 671 g/mol. The third-order valence-corrected chi connectivity index (χ3v) is 13.2. The number of carbonyl (C=O) groups is 2. The van der Waals surface area contributed by atoms with E-state index in [1.54, 1.807) is 0 Å². The zero-order valence-corrected chi connectivity index (χ0v) is 30.3. The maximum atomic E-state index is 13.2. The highest BCUT2D eigenvalue weighted by atomic mass is 28.4. The number of amides is 1. The lowest BCUT2D eigenvalue weighted by Crippen LogP contribution is -2.54. The molecule has 0 radical (unpaired) electrons. The molecule has 3 atom stereocenters. The summed E-state index contributed by atoms with van der Waals surface area (Å²) in [5, 5.41) is 26.3. The van der Waals surface area contributed by atoms with Gasteiger partial charge < -0.3 is 19.6 Å². The Morgan fingerprint density at radius 1 is 0.854 bits per heavy atom. The third-order valence-electron chi connectivity index (χ3n) is 8.66. The van der Waals surface area contributed by atoms with Crippen molar-refractivity contribution in [3.63, 3.8) is 0 Å². The Balaban J connectivity index is 1.60. The number of carboxylic acids is 1. The first kappa shape index (κ1) is 36.5. The molecule has 11 heteroatoms. The van der Waals surface area contributed by atoms with Crippen LogP contribution in [0.2, 0.25) is 18.1 Å². The standard InChI is InChI=1S/C37H49N5O5Si/c1-36(2,3)46-35(45)38-31(24-26-15-11-9-12-16-26)32(47-48(7,8)37(4,5)6)25-29(34(43)44)23-27-19-21-28(22-20-27)33-39-41-42(40-33)30-17-13-10-14-18-30/h9-22,29,31-32H,23-25H2,1-8H3,(H,38,45)(H,43,44)/t29-,31-,32+/m0/s1. The van der Waals surface area contributed by atoms with E-state index in [1.165, 1.54) is 4.80 Å². The van der Waals surface area contributed by atoms with Gasteiger partial charge in [-0.15, -0.1) is 15.0 Å². The lowest BCUT2D eigenvalue weighted by atomic mass is 9.89. The normalized spacial score (nSPS) is 14.2.